The number of thioether (sulfide) groups is 1. The molecule has 0 unspecified atom stereocenters. The summed E-state index contributed by atoms with van der Waals surface area (Å²) >= 11 is 0.848. The first kappa shape index (κ1) is 23.9. The third kappa shape index (κ3) is 4.79. The summed E-state index contributed by atoms with van der Waals surface area (Å²) in [7, 11) is 0. The van der Waals surface area contributed by atoms with Gasteiger partial charge in [0.05, 0.1) is 11.0 Å². The third-order valence-corrected chi connectivity index (χ3v) is 7.25. The first-order chi connectivity index (χ1) is 17.4. The van der Waals surface area contributed by atoms with Crippen LogP contribution in [0.1, 0.15) is 31.4 Å². The molecule has 2 amide bonds. The van der Waals surface area contributed by atoms with E-state index in [4.69, 9.17) is 4.74 Å². The smallest absolute Gasteiger partial charge is 0.326 e. The highest BCUT2D eigenvalue weighted by molar-refractivity contribution is 8.18. The summed E-state index contributed by atoms with van der Waals surface area (Å²) in [6.07, 6.45) is 4.15. The predicted octanol–water partition coefficient (Wildman–Crippen LogP) is 6.22. The lowest BCUT2D eigenvalue weighted by atomic mass is 10.1. The van der Waals surface area contributed by atoms with Crippen LogP contribution in [0, 0.1) is 0 Å². The maximum atomic E-state index is 13.0. The zero-order chi connectivity index (χ0) is 25.2. The highest BCUT2D eigenvalue weighted by Gasteiger charge is 2.37. The maximum absolute atomic E-state index is 13.0. The summed E-state index contributed by atoms with van der Waals surface area (Å²) in [6, 6.07) is 22.7. The van der Waals surface area contributed by atoms with Crippen LogP contribution in [0.3, 0.4) is 0 Å². The minimum atomic E-state index is -0.583. The molecular weight excluding hydrogens is 472 g/mol. The number of rotatable bonds is 7. The molecule has 1 aliphatic rings. The van der Waals surface area contributed by atoms with E-state index in [1.165, 1.54) is 16.3 Å². The lowest BCUT2D eigenvalue weighted by Crippen LogP contribution is -2.35. The molecule has 1 atom stereocenters. The Morgan fingerprint density at radius 2 is 1.78 bits per heavy atom. The van der Waals surface area contributed by atoms with Crippen molar-refractivity contribution in [2.45, 2.75) is 32.9 Å². The van der Waals surface area contributed by atoms with Gasteiger partial charge >= 0.3 is 5.97 Å². The molecule has 0 spiro atoms. The minimum Gasteiger partial charge on any atom is -0.461 e. The van der Waals surface area contributed by atoms with E-state index in [0.717, 1.165) is 33.1 Å². The van der Waals surface area contributed by atoms with Gasteiger partial charge in [-0.15, -0.1) is 0 Å². The lowest BCUT2D eigenvalue weighted by Gasteiger charge is -2.14. The summed E-state index contributed by atoms with van der Waals surface area (Å²) < 4.78 is 7.39. The number of amides is 2. The van der Waals surface area contributed by atoms with Gasteiger partial charge in [0, 0.05) is 29.2 Å². The quantitative estimate of drug-likeness (QED) is 0.223. The van der Waals surface area contributed by atoms with Gasteiger partial charge in [-0.2, -0.15) is 0 Å². The predicted molar refractivity (Wildman–Crippen MR) is 144 cm³/mol. The van der Waals surface area contributed by atoms with E-state index < -0.39 is 17.1 Å². The van der Waals surface area contributed by atoms with Crippen LogP contribution in [-0.2, 0) is 20.9 Å². The summed E-state index contributed by atoms with van der Waals surface area (Å²) in [4.78, 5) is 38.9. The number of esters is 1. The number of benzene rings is 3. The number of carbonyl (C=O) groups is 3. The number of hydrogen-bond acceptors (Lipinski definition) is 5. The fraction of sp³-hybridized carbons (Fsp3) is 0.207. The molecule has 7 heteroatoms. The molecule has 1 fully saturated rings. The van der Waals surface area contributed by atoms with Crippen molar-refractivity contribution in [2.24, 2.45) is 0 Å². The van der Waals surface area contributed by atoms with E-state index >= 15 is 0 Å². The second-order valence-corrected chi connectivity index (χ2v) is 9.88. The normalized spacial score (nSPS) is 15.8. The highest BCUT2D eigenvalue weighted by atomic mass is 32.2. The fourth-order valence-electron chi connectivity index (χ4n) is 4.31. The van der Waals surface area contributed by atoms with Gasteiger partial charge in [0.1, 0.15) is 6.54 Å². The summed E-state index contributed by atoms with van der Waals surface area (Å²) in [6.45, 7) is 3.97. The number of nitrogens with zero attached hydrogens (tertiary/aromatic N) is 2. The number of ether oxygens (including phenoxy) is 1. The van der Waals surface area contributed by atoms with Crippen molar-refractivity contribution in [1.29, 1.82) is 0 Å². The molecule has 4 aromatic rings. The number of fused-ring (bicyclic) bond motifs is 2. The van der Waals surface area contributed by atoms with Crippen LogP contribution in [0.2, 0.25) is 0 Å². The summed E-state index contributed by atoms with van der Waals surface area (Å²) in [5.74, 6) is -1.06. The molecule has 182 valence electrons. The summed E-state index contributed by atoms with van der Waals surface area (Å²) in [5, 5.41) is 2.91. The second-order valence-electron chi connectivity index (χ2n) is 8.89. The molecule has 2 heterocycles. The number of carbonyl (C=O) groups excluding carboxylic acids is 3. The third-order valence-electron chi connectivity index (χ3n) is 6.34. The Labute approximate surface area is 213 Å². The van der Waals surface area contributed by atoms with E-state index in [-0.39, 0.29) is 12.6 Å². The molecule has 1 aliphatic heterocycles. The molecule has 0 aliphatic carbocycles. The van der Waals surface area contributed by atoms with Crippen LogP contribution in [0.5, 0.6) is 0 Å². The van der Waals surface area contributed by atoms with Crippen molar-refractivity contribution in [3.8, 4) is 0 Å². The average molecular weight is 499 g/mol. The molecule has 0 bridgehead atoms. The zero-order valence-corrected chi connectivity index (χ0v) is 21.0. The molecule has 0 N–H and O–H groups in total. The van der Waals surface area contributed by atoms with Crippen molar-refractivity contribution in [3.63, 3.8) is 0 Å². The topological polar surface area (TPSA) is 68.6 Å². The molecule has 0 saturated carbocycles. The van der Waals surface area contributed by atoms with Crippen molar-refractivity contribution < 1.29 is 19.1 Å². The maximum Gasteiger partial charge on any atom is 0.326 e. The Balaban J connectivity index is 1.42. The van der Waals surface area contributed by atoms with E-state index in [9.17, 15) is 14.4 Å². The molecule has 1 aromatic heterocycles. The van der Waals surface area contributed by atoms with Gasteiger partial charge in [0.2, 0.25) is 0 Å². The Morgan fingerprint density at radius 1 is 1.03 bits per heavy atom. The lowest BCUT2D eigenvalue weighted by molar-refractivity contribution is -0.150. The van der Waals surface area contributed by atoms with Crippen molar-refractivity contribution in [1.82, 2.24) is 9.47 Å². The zero-order valence-electron chi connectivity index (χ0n) is 20.1. The molecule has 5 rings (SSSR count). The van der Waals surface area contributed by atoms with Gasteiger partial charge in [0.15, 0.2) is 0 Å². The average Bonchev–Trinajstić information content (AvgIpc) is 3.35. The van der Waals surface area contributed by atoms with Gasteiger partial charge < -0.3 is 9.30 Å². The van der Waals surface area contributed by atoms with Crippen molar-refractivity contribution in [3.05, 3.63) is 89.0 Å². The van der Waals surface area contributed by atoms with Crippen LogP contribution in [0.15, 0.2) is 77.8 Å². The van der Waals surface area contributed by atoms with E-state index in [1.807, 2.05) is 49.5 Å². The van der Waals surface area contributed by atoms with Gasteiger partial charge in [-0.25, -0.2) is 0 Å². The molecule has 1 saturated heterocycles. The number of aromatic nitrogens is 1. The Kier molecular flexibility index (Phi) is 6.65. The van der Waals surface area contributed by atoms with Crippen LogP contribution in [0.25, 0.3) is 27.8 Å². The monoisotopic (exact) mass is 498 g/mol. The largest absolute Gasteiger partial charge is 0.461 e. The molecule has 36 heavy (non-hydrogen) atoms. The number of para-hydroxylation sites is 1. The van der Waals surface area contributed by atoms with Gasteiger partial charge in [-0.3, -0.25) is 19.3 Å². The van der Waals surface area contributed by atoms with E-state index in [0.29, 0.717) is 17.9 Å². The van der Waals surface area contributed by atoms with Crippen molar-refractivity contribution >= 4 is 56.6 Å². The van der Waals surface area contributed by atoms with Gasteiger partial charge in [0.25, 0.3) is 11.1 Å². The number of imide groups is 1. The van der Waals surface area contributed by atoms with Crippen LogP contribution >= 0.6 is 11.8 Å². The molecular formula is C29H26N2O4S. The first-order valence-corrected chi connectivity index (χ1v) is 12.7. The first-order valence-electron chi connectivity index (χ1n) is 11.9. The molecule has 3 aromatic carbocycles. The van der Waals surface area contributed by atoms with E-state index in [2.05, 4.69) is 34.9 Å². The summed E-state index contributed by atoms with van der Waals surface area (Å²) in [5.41, 5.74) is 3.05. The highest BCUT2D eigenvalue weighted by Crippen LogP contribution is 2.34. The molecule has 6 nitrogen and oxygen atoms in total. The Morgan fingerprint density at radius 3 is 2.58 bits per heavy atom. The minimum absolute atomic E-state index is 0.262. The van der Waals surface area contributed by atoms with Crippen molar-refractivity contribution in [2.75, 3.05) is 6.54 Å². The fourth-order valence-corrected chi connectivity index (χ4v) is 5.14. The van der Waals surface area contributed by atoms with Gasteiger partial charge in [-0.05, 0) is 59.7 Å². The number of hydrogen-bond donors (Lipinski definition) is 0. The van der Waals surface area contributed by atoms with Crippen LogP contribution < -0.4 is 0 Å². The Bertz CT molecular complexity index is 1520. The Hall–Kier alpha value is -3.84. The molecule has 0 radical (unpaired) electrons. The van der Waals surface area contributed by atoms with Crippen LogP contribution in [-0.4, -0.2) is 39.2 Å². The SMILES string of the molecule is CC[C@H](C)OC(=O)CN1C(=O)S/C(=C\c2cn(Cc3ccc4ccccc4c3)c3ccccc23)C1=O. The second kappa shape index (κ2) is 10.0. The standard InChI is InChI=1S/C29H26N2O4S/c1-3-19(2)35-27(32)18-31-28(33)26(36-29(31)34)15-23-17-30(25-11-7-6-10-24(23)25)16-20-12-13-21-8-4-5-9-22(21)14-20/h4-15,17,19H,3,16,18H2,1-2H3/b26-15-/t19-/m0/s1. The van der Waals surface area contributed by atoms with Crippen LogP contribution in [0.4, 0.5) is 4.79 Å². The van der Waals surface area contributed by atoms with Gasteiger partial charge in [-0.1, -0.05) is 61.5 Å². The van der Waals surface area contributed by atoms with E-state index in [1.54, 1.807) is 13.0 Å².